The molecule has 0 amide bonds. The summed E-state index contributed by atoms with van der Waals surface area (Å²) in [6.45, 7) is 7.37. The van der Waals surface area contributed by atoms with E-state index >= 15 is 0 Å². The van der Waals surface area contributed by atoms with Crippen molar-refractivity contribution in [2.24, 2.45) is 0 Å². The van der Waals surface area contributed by atoms with Crippen molar-refractivity contribution < 1.29 is 4.89 Å². The number of para-hydroxylation sites is 1. The van der Waals surface area contributed by atoms with Crippen molar-refractivity contribution in [3.8, 4) is 0 Å². The highest BCUT2D eigenvalue weighted by atomic mass is 31.1. The third kappa shape index (κ3) is 4.12. The summed E-state index contributed by atoms with van der Waals surface area (Å²) in [4.78, 5) is 30.5. The van der Waals surface area contributed by atoms with E-state index in [1.807, 2.05) is 56.2 Å². The molecule has 3 heterocycles. The monoisotopic (exact) mass is 458 g/mol. The number of benzene rings is 2. The second-order valence-corrected chi connectivity index (χ2v) is 10.2. The minimum atomic E-state index is -1.24. The van der Waals surface area contributed by atoms with Gasteiger partial charge in [-0.3, -0.25) is 9.20 Å². The molecule has 2 atom stereocenters. The van der Waals surface area contributed by atoms with Gasteiger partial charge in [0.25, 0.3) is 5.56 Å². The van der Waals surface area contributed by atoms with Gasteiger partial charge in [0.05, 0.1) is 14.2 Å². The van der Waals surface area contributed by atoms with Gasteiger partial charge < -0.3 is 15.1 Å². The SMILES string of the molecule is Cc1cc(C(C)Nc2ccccc2P(C)O)c2nc(N3Cc4ccccc4C3)cc(=O)n2c1. The minimum Gasteiger partial charge on any atom is -0.378 e. The Morgan fingerprint density at radius 2 is 1.73 bits per heavy atom. The van der Waals surface area contributed by atoms with Crippen LogP contribution in [0, 0.1) is 6.92 Å². The maximum absolute atomic E-state index is 13.1. The van der Waals surface area contributed by atoms with Gasteiger partial charge in [0.15, 0.2) is 0 Å². The van der Waals surface area contributed by atoms with E-state index in [9.17, 15) is 9.69 Å². The predicted molar refractivity (Wildman–Crippen MR) is 136 cm³/mol. The van der Waals surface area contributed by atoms with E-state index in [4.69, 9.17) is 4.98 Å². The highest BCUT2D eigenvalue weighted by molar-refractivity contribution is 7.59. The molecule has 2 N–H and O–H groups in total. The number of anilines is 2. The summed E-state index contributed by atoms with van der Waals surface area (Å²) >= 11 is 0. The summed E-state index contributed by atoms with van der Waals surface area (Å²) < 4.78 is 1.64. The van der Waals surface area contributed by atoms with Gasteiger partial charge in [-0.1, -0.05) is 42.5 Å². The Morgan fingerprint density at radius 1 is 1.06 bits per heavy atom. The number of fused-ring (bicyclic) bond motifs is 2. The third-order valence-electron chi connectivity index (χ3n) is 6.17. The van der Waals surface area contributed by atoms with Crippen molar-refractivity contribution in [1.82, 2.24) is 9.38 Å². The van der Waals surface area contributed by atoms with Gasteiger partial charge in [0.1, 0.15) is 11.5 Å². The first-order valence-electron chi connectivity index (χ1n) is 11.0. The summed E-state index contributed by atoms with van der Waals surface area (Å²) in [5.74, 6) is 0.696. The van der Waals surface area contributed by atoms with E-state index in [1.54, 1.807) is 10.5 Å². The Balaban J connectivity index is 1.56. The average Bonchev–Trinajstić information content (AvgIpc) is 3.23. The van der Waals surface area contributed by atoms with Crippen LogP contribution in [0.2, 0.25) is 0 Å². The highest BCUT2D eigenvalue weighted by Gasteiger charge is 2.22. The van der Waals surface area contributed by atoms with E-state index in [2.05, 4.69) is 35.3 Å². The quantitative estimate of drug-likeness (QED) is 0.436. The number of nitrogens with one attached hydrogen (secondary N) is 1. The van der Waals surface area contributed by atoms with Gasteiger partial charge in [-0.2, -0.15) is 0 Å². The highest BCUT2D eigenvalue weighted by Crippen LogP contribution is 2.31. The molecule has 0 saturated heterocycles. The van der Waals surface area contributed by atoms with Gasteiger partial charge in [-0.05, 0) is 49.3 Å². The van der Waals surface area contributed by atoms with Gasteiger partial charge >= 0.3 is 0 Å². The standard InChI is InChI=1S/C26H27N4O2P/c1-17-12-21(18(2)27-22-10-6-7-11-23(22)33(3)32)26-28-24(13-25(31)30(26)14-17)29-15-19-8-4-5-9-20(19)16-29/h4-14,18,27,32H,15-16H2,1-3H3. The summed E-state index contributed by atoms with van der Waals surface area (Å²) in [6.07, 6.45) is 1.84. The van der Waals surface area contributed by atoms with Gasteiger partial charge in [-0.15, -0.1) is 0 Å². The molecule has 2 unspecified atom stereocenters. The fourth-order valence-corrected chi connectivity index (χ4v) is 5.31. The number of hydrogen-bond acceptors (Lipinski definition) is 5. The number of rotatable bonds is 5. The maximum Gasteiger partial charge on any atom is 0.259 e. The molecule has 0 spiro atoms. The Labute approximate surface area is 194 Å². The van der Waals surface area contributed by atoms with Crippen molar-refractivity contribution in [2.45, 2.75) is 33.0 Å². The second-order valence-electron chi connectivity index (χ2n) is 8.65. The Morgan fingerprint density at radius 3 is 2.42 bits per heavy atom. The van der Waals surface area contributed by atoms with Crippen LogP contribution in [0.25, 0.3) is 5.65 Å². The van der Waals surface area contributed by atoms with Gasteiger partial charge in [0, 0.05) is 41.9 Å². The van der Waals surface area contributed by atoms with Crippen LogP contribution in [0.4, 0.5) is 11.5 Å². The Bertz CT molecular complexity index is 1370. The van der Waals surface area contributed by atoms with E-state index in [0.29, 0.717) is 11.5 Å². The molecule has 0 bridgehead atoms. The van der Waals surface area contributed by atoms with Crippen molar-refractivity contribution in [2.75, 3.05) is 16.9 Å². The fraction of sp³-hybridized carbons (Fsp3) is 0.231. The molecule has 1 aliphatic heterocycles. The molecule has 7 heteroatoms. The molecule has 6 nitrogen and oxygen atoms in total. The molecule has 0 fully saturated rings. The zero-order valence-electron chi connectivity index (χ0n) is 19.0. The molecule has 2 aromatic heterocycles. The number of aromatic nitrogens is 2. The average molecular weight is 459 g/mol. The predicted octanol–water partition coefficient (Wildman–Crippen LogP) is 4.34. The van der Waals surface area contributed by atoms with Crippen LogP contribution in [0.15, 0.2) is 71.7 Å². The first kappa shape index (κ1) is 21.6. The Kier molecular flexibility index (Phi) is 5.65. The molecule has 1 aliphatic rings. The number of pyridine rings is 1. The van der Waals surface area contributed by atoms with E-state index in [-0.39, 0.29) is 11.6 Å². The van der Waals surface area contributed by atoms with Gasteiger partial charge in [-0.25, -0.2) is 4.98 Å². The van der Waals surface area contributed by atoms with Crippen molar-refractivity contribution in [1.29, 1.82) is 0 Å². The van der Waals surface area contributed by atoms with Crippen molar-refractivity contribution in [3.63, 3.8) is 0 Å². The number of nitrogens with zero attached hydrogens (tertiary/aromatic N) is 3. The maximum atomic E-state index is 13.1. The largest absolute Gasteiger partial charge is 0.378 e. The lowest BCUT2D eigenvalue weighted by atomic mass is 10.1. The molecule has 2 aromatic carbocycles. The smallest absolute Gasteiger partial charge is 0.259 e. The lowest BCUT2D eigenvalue weighted by Gasteiger charge is -2.22. The van der Waals surface area contributed by atoms with Crippen LogP contribution in [-0.4, -0.2) is 20.9 Å². The van der Waals surface area contributed by atoms with Crippen LogP contribution in [0.3, 0.4) is 0 Å². The van der Waals surface area contributed by atoms with Crippen molar-refractivity contribution in [3.05, 3.63) is 99.5 Å². The zero-order valence-corrected chi connectivity index (χ0v) is 19.9. The minimum absolute atomic E-state index is 0.0871. The van der Waals surface area contributed by atoms with Crippen LogP contribution >= 0.6 is 8.15 Å². The first-order chi connectivity index (χ1) is 15.9. The lowest BCUT2D eigenvalue weighted by molar-refractivity contribution is 0.641. The molecule has 0 radical (unpaired) electrons. The topological polar surface area (TPSA) is 69.9 Å². The van der Waals surface area contributed by atoms with Gasteiger partial charge in [0.2, 0.25) is 0 Å². The number of aryl methyl sites for hydroxylation is 1. The van der Waals surface area contributed by atoms with Crippen molar-refractivity contribution >= 4 is 30.6 Å². The molecule has 33 heavy (non-hydrogen) atoms. The molecule has 168 valence electrons. The zero-order chi connectivity index (χ0) is 23.1. The Hall–Kier alpha value is -3.21. The normalized spacial score (nSPS) is 14.8. The summed E-state index contributed by atoms with van der Waals surface area (Å²) in [5.41, 5.74) is 5.94. The summed E-state index contributed by atoms with van der Waals surface area (Å²) in [5, 5.41) is 4.44. The first-order valence-corrected chi connectivity index (χ1v) is 12.8. The molecular weight excluding hydrogens is 431 g/mol. The molecular formula is C26H27N4O2P. The summed E-state index contributed by atoms with van der Waals surface area (Å²) in [6, 6.07) is 19.8. The second kappa shape index (κ2) is 8.62. The fourth-order valence-electron chi connectivity index (χ4n) is 4.52. The van der Waals surface area contributed by atoms with E-state index in [1.165, 1.54) is 11.1 Å². The number of hydrogen-bond donors (Lipinski definition) is 2. The van der Waals surface area contributed by atoms with Crippen LogP contribution in [-0.2, 0) is 13.1 Å². The molecule has 0 aliphatic carbocycles. The molecule has 0 saturated carbocycles. The van der Waals surface area contributed by atoms with Crippen LogP contribution < -0.4 is 21.1 Å². The molecule has 4 aromatic rings. The van der Waals surface area contributed by atoms with Crippen LogP contribution in [0.1, 0.15) is 35.2 Å². The van der Waals surface area contributed by atoms with Crippen LogP contribution in [0.5, 0.6) is 0 Å². The third-order valence-corrected chi connectivity index (χ3v) is 7.26. The summed E-state index contributed by atoms with van der Waals surface area (Å²) in [7, 11) is -1.24. The van der Waals surface area contributed by atoms with E-state index in [0.717, 1.165) is 35.2 Å². The lowest BCUT2D eigenvalue weighted by Crippen LogP contribution is -2.24. The van der Waals surface area contributed by atoms with E-state index < -0.39 is 8.15 Å². The molecule has 5 rings (SSSR count).